The number of rotatable bonds is 2. The molecule has 1 unspecified atom stereocenters. The molecule has 0 radical (unpaired) electrons. The number of hydrogen-bond acceptors (Lipinski definition) is 5. The smallest absolute Gasteiger partial charge is 0.355 e. The number of nitrogens with zero attached hydrogens (tertiary/aromatic N) is 4. The molecular weight excluding hydrogens is 268 g/mol. The monoisotopic (exact) mass is 284 g/mol. The molecule has 1 N–H and O–H groups in total. The van der Waals surface area contributed by atoms with Crippen LogP contribution in [0.2, 0.25) is 5.28 Å². The highest BCUT2D eigenvalue weighted by Crippen LogP contribution is 2.25. The molecule has 0 aliphatic carbocycles. The number of hydrogen-bond donors (Lipinski definition) is 1. The van der Waals surface area contributed by atoms with E-state index >= 15 is 0 Å². The Morgan fingerprint density at radius 1 is 1.42 bits per heavy atom. The molecule has 0 amide bonds. The van der Waals surface area contributed by atoms with E-state index in [1.807, 2.05) is 0 Å². The van der Waals surface area contributed by atoms with Crippen molar-refractivity contribution in [1.82, 2.24) is 14.9 Å². The van der Waals surface area contributed by atoms with E-state index in [9.17, 15) is 4.79 Å². The molecule has 1 aliphatic heterocycles. The average molecular weight is 285 g/mol. The third-order valence-electron chi connectivity index (χ3n) is 3.40. The Kier molecular flexibility index (Phi) is 3.91. The summed E-state index contributed by atoms with van der Waals surface area (Å²) in [5.74, 6) is -0.456. The maximum Gasteiger partial charge on any atom is 0.355 e. The number of carboxylic acid groups (broad SMARTS) is 1. The third kappa shape index (κ3) is 2.79. The van der Waals surface area contributed by atoms with Crippen LogP contribution in [0.5, 0.6) is 0 Å². The summed E-state index contributed by atoms with van der Waals surface area (Å²) in [5.41, 5.74) is 0.537. The molecule has 0 saturated carbocycles. The summed E-state index contributed by atoms with van der Waals surface area (Å²) < 4.78 is 0. The van der Waals surface area contributed by atoms with Crippen molar-refractivity contribution in [3.05, 3.63) is 16.5 Å². The van der Waals surface area contributed by atoms with E-state index in [2.05, 4.69) is 33.7 Å². The first-order valence-electron chi connectivity index (χ1n) is 6.12. The zero-order valence-corrected chi connectivity index (χ0v) is 12.0. The van der Waals surface area contributed by atoms with E-state index in [0.29, 0.717) is 11.4 Å². The Morgan fingerprint density at radius 2 is 2.11 bits per heavy atom. The van der Waals surface area contributed by atoms with Crippen molar-refractivity contribution in [1.29, 1.82) is 0 Å². The van der Waals surface area contributed by atoms with Crippen LogP contribution in [0, 0.1) is 6.92 Å². The van der Waals surface area contributed by atoms with Crippen molar-refractivity contribution < 1.29 is 9.90 Å². The molecule has 0 aromatic carbocycles. The molecule has 6 nitrogen and oxygen atoms in total. The fourth-order valence-corrected chi connectivity index (χ4v) is 2.59. The number of likely N-dealkylation sites (N-methyl/N-ethyl adjacent to an activating group) is 1. The number of anilines is 1. The molecule has 104 valence electrons. The zero-order valence-electron chi connectivity index (χ0n) is 11.2. The summed E-state index contributed by atoms with van der Waals surface area (Å²) >= 11 is 5.84. The van der Waals surface area contributed by atoms with Crippen LogP contribution in [0.25, 0.3) is 0 Å². The quantitative estimate of drug-likeness (QED) is 0.825. The van der Waals surface area contributed by atoms with E-state index in [0.717, 1.165) is 19.6 Å². The van der Waals surface area contributed by atoms with Crippen LogP contribution >= 0.6 is 11.6 Å². The SMILES string of the molecule is Cc1c(C(=O)O)nc(Cl)nc1N1CCN(C)CC1C. The van der Waals surface area contributed by atoms with Crippen molar-refractivity contribution in [3.8, 4) is 0 Å². The predicted molar refractivity (Wildman–Crippen MR) is 73.0 cm³/mol. The van der Waals surface area contributed by atoms with Gasteiger partial charge in [-0.15, -0.1) is 0 Å². The van der Waals surface area contributed by atoms with Gasteiger partial charge in [-0.05, 0) is 32.5 Å². The number of aromatic nitrogens is 2. The minimum Gasteiger partial charge on any atom is -0.476 e. The fraction of sp³-hybridized carbons (Fsp3) is 0.583. The first-order chi connectivity index (χ1) is 8.90. The van der Waals surface area contributed by atoms with Gasteiger partial charge in [0.2, 0.25) is 5.28 Å². The van der Waals surface area contributed by atoms with Gasteiger partial charge in [0.05, 0.1) is 0 Å². The van der Waals surface area contributed by atoms with Crippen LogP contribution < -0.4 is 4.90 Å². The van der Waals surface area contributed by atoms with Gasteiger partial charge in [0, 0.05) is 31.2 Å². The summed E-state index contributed by atoms with van der Waals surface area (Å²) in [6.07, 6.45) is 0. The molecule has 1 aromatic rings. The molecule has 1 saturated heterocycles. The molecule has 1 aliphatic rings. The first-order valence-corrected chi connectivity index (χ1v) is 6.50. The standard InChI is InChI=1S/C12H17ClN4O2/c1-7-6-16(3)4-5-17(7)10-8(2)9(11(18)19)14-12(13)15-10/h7H,4-6H2,1-3H3,(H,18,19). The summed E-state index contributed by atoms with van der Waals surface area (Å²) in [6, 6.07) is 0.255. The summed E-state index contributed by atoms with van der Waals surface area (Å²) in [6.45, 7) is 6.42. The second kappa shape index (κ2) is 5.30. The molecule has 7 heteroatoms. The van der Waals surface area contributed by atoms with Crippen molar-refractivity contribution in [2.75, 3.05) is 31.6 Å². The van der Waals surface area contributed by atoms with Crippen molar-refractivity contribution >= 4 is 23.4 Å². The Bertz CT molecular complexity index is 509. The van der Waals surface area contributed by atoms with E-state index in [1.165, 1.54) is 0 Å². The highest BCUT2D eigenvalue weighted by atomic mass is 35.5. The molecule has 1 fully saturated rings. The van der Waals surface area contributed by atoms with Gasteiger partial charge >= 0.3 is 5.97 Å². The number of carbonyl (C=O) groups is 1. The van der Waals surface area contributed by atoms with Gasteiger partial charge in [-0.3, -0.25) is 0 Å². The number of carboxylic acids is 1. The van der Waals surface area contributed by atoms with Crippen molar-refractivity contribution in [2.24, 2.45) is 0 Å². The van der Waals surface area contributed by atoms with Gasteiger partial charge in [-0.1, -0.05) is 0 Å². The minimum absolute atomic E-state index is 0.0240. The Balaban J connectivity index is 2.42. The lowest BCUT2D eigenvalue weighted by molar-refractivity contribution is 0.0689. The number of piperazine rings is 1. The van der Waals surface area contributed by atoms with Gasteiger partial charge in [-0.2, -0.15) is 0 Å². The second-order valence-corrected chi connectivity index (χ2v) is 5.24. The maximum absolute atomic E-state index is 11.2. The Labute approximate surface area is 117 Å². The molecule has 2 rings (SSSR count). The summed E-state index contributed by atoms with van der Waals surface area (Å²) in [5, 5.41) is 9.12. The number of aromatic carboxylic acids is 1. The first kappa shape index (κ1) is 14.0. The fourth-order valence-electron chi connectivity index (χ4n) is 2.42. The maximum atomic E-state index is 11.2. The van der Waals surface area contributed by atoms with E-state index < -0.39 is 5.97 Å². The van der Waals surface area contributed by atoms with Gasteiger partial charge < -0.3 is 14.9 Å². The molecule has 0 spiro atoms. The molecular formula is C12H17ClN4O2. The highest BCUT2D eigenvalue weighted by molar-refractivity contribution is 6.28. The second-order valence-electron chi connectivity index (χ2n) is 4.90. The Morgan fingerprint density at radius 3 is 2.68 bits per heavy atom. The van der Waals surface area contributed by atoms with E-state index in [-0.39, 0.29) is 17.0 Å². The van der Waals surface area contributed by atoms with Crippen LogP contribution in [-0.4, -0.2) is 58.7 Å². The van der Waals surface area contributed by atoms with Gasteiger partial charge in [-0.25, -0.2) is 14.8 Å². The third-order valence-corrected chi connectivity index (χ3v) is 3.57. The van der Waals surface area contributed by atoms with Gasteiger partial charge in [0.1, 0.15) is 5.82 Å². The number of halogens is 1. The average Bonchev–Trinajstić information content (AvgIpc) is 2.32. The summed E-state index contributed by atoms with van der Waals surface area (Å²) in [4.78, 5) is 23.5. The topological polar surface area (TPSA) is 69.6 Å². The van der Waals surface area contributed by atoms with Gasteiger partial charge in [0.25, 0.3) is 0 Å². The molecule has 19 heavy (non-hydrogen) atoms. The minimum atomic E-state index is -1.08. The van der Waals surface area contributed by atoms with E-state index in [1.54, 1.807) is 6.92 Å². The molecule has 0 bridgehead atoms. The van der Waals surface area contributed by atoms with Crippen LogP contribution in [0.1, 0.15) is 23.0 Å². The Hall–Kier alpha value is -1.40. The lowest BCUT2D eigenvalue weighted by Crippen LogP contribution is -2.51. The van der Waals surface area contributed by atoms with Crippen molar-refractivity contribution in [2.45, 2.75) is 19.9 Å². The lowest BCUT2D eigenvalue weighted by Gasteiger charge is -2.39. The van der Waals surface area contributed by atoms with E-state index in [4.69, 9.17) is 16.7 Å². The normalized spacial score (nSPS) is 20.6. The lowest BCUT2D eigenvalue weighted by atomic mass is 10.1. The van der Waals surface area contributed by atoms with Crippen LogP contribution in [0.3, 0.4) is 0 Å². The van der Waals surface area contributed by atoms with Gasteiger partial charge in [0.15, 0.2) is 5.69 Å². The summed E-state index contributed by atoms with van der Waals surface area (Å²) in [7, 11) is 2.07. The van der Waals surface area contributed by atoms with Crippen LogP contribution in [0.15, 0.2) is 0 Å². The highest BCUT2D eigenvalue weighted by Gasteiger charge is 2.26. The van der Waals surface area contributed by atoms with Crippen LogP contribution in [0.4, 0.5) is 5.82 Å². The van der Waals surface area contributed by atoms with Crippen molar-refractivity contribution in [3.63, 3.8) is 0 Å². The molecule has 2 heterocycles. The molecule has 1 atom stereocenters. The zero-order chi connectivity index (χ0) is 14.2. The molecule has 1 aromatic heterocycles. The largest absolute Gasteiger partial charge is 0.476 e. The predicted octanol–water partition coefficient (Wildman–Crippen LogP) is 1.28. The van der Waals surface area contributed by atoms with Crippen LogP contribution in [-0.2, 0) is 0 Å².